The number of aryl methyl sites for hydroxylation is 1. The Kier molecular flexibility index (Phi) is 6.62. The van der Waals surface area contributed by atoms with Gasteiger partial charge in [0.05, 0.1) is 23.2 Å². The number of rotatable bonds is 4. The average molecular weight is 530 g/mol. The van der Waals surface area contributed by atoms with Crippen molar-refractivity contribution in [2.75, 3.05) is 11.1 Å². The highest BCUT2D eigenvalue weighted by Gasteiger charge is 2.56. The molecule has 4 heterocycles. The van der Waals surface area contributed by atoms with Crippen LogP contribution in [-0.4, -0.2) is 36.3 Å². The Morgan fingerprint density at radius 3 is 2.45 bits per heavy atom. The Morgan fingerprint density at radius 1 is 1.11 bits per heavy atom. The zero-order chi connectivity index (χ0) is 28.2. The first-order chi connectivity index (χ1) is 17.8. The van der Waals surface area contributed by atoms with Crippen LogP contribution in [0.25, 0.3) is 22.6 Å². The fourth-order valence-corrected chi connectivity index (χ4v) is 4.35. The zero-order valence-electron chi connectivity index (χ0n) is 21.8. The van der Waals surface area contributed by atoms with Crippen LogP contribution in [0.3, 0.4) is 0 Å². The second-order valence-corrected chi connectivity index (χ2v) is 9.35. The van der Waals surface area contributed by atoms with E-state index >= 15 is 4.39 Å². The second-order valence-electron chi connectivity index (χ2n) is 9.35. The number of amides is 1. The van der Waals surface area contributed by atoms with Crippen LogP contribution in [0.15, 0.2) is 24.3 Å². The molecule has 1 unspecified atom stereocenters. The van der Waals surface area contributed by atoms with E-state index in [4.69, 9.17) is 5.73 Å². The fraction of sp³-hybridized carbons (Fsp3) is 0.346. The summed E-state index contributed by atoms with van der Waals surface area (Å²) < 4.78 is 59.0. The van der Waals surface area contributed by atoms with Gasteiger partial charge in [-0.25, -0.2) is 37.2 Å². The normalized spacial score (nSPS) is 16.7. The number of aromatic nitrogens is 5. The molecule has 12 heteroatoms. The summed E-state index contributed by atoms with van der Waals surface area (Å²) in [6, 6.07) is 4.92. The minimum Gasteiger partial charge on any atom is -0.383 e. The number of nitrogens with one attached hydrogen (secondary N) is 1. The Bertz CT molecular complexity index is 1580. The lowest BCUT2D eigenvalue weighted by atomic mass is 9.72. The maximum absolute atomic E-state index is 15.1. The summed E-state index contributed by atoms with van der Waals surface area (Å²) in [4.78, 5) is 25.6. The number of benzene rings is 1. The van der Waals surface area contributed by atoms with Crippen molar-refractivity contribution in [3.05, 3.63) is 58.5 Å². The number of fused-ring (bicyclic) bond motifs is 2. The summed E-state index contributed by atoms with van der Waals surface area (Å²) in [6.07, 6.45) is 0. The smallest absolute Gasteiger partial charge is 0.239 e. The monoisotopic (exact) mass is 529 g/mol. The topological polar surface area (TPSA) is 112 Å². The number of nitrogen functional groups attached to an aromatic ring is 1. The van der Waals surface area contributed by atoms with Crippen LogP contribution < -0.4 is 11.1 Å². The lowest BCUT2D eigenvalue weighted by Gasteiger charge is -2.32. The molecule has 200 valence electrons. The van der Waals surface area contributed by atoms with Gasteiger partial charge < -0.3 is 11.1 Å². The molecule has 1 aliphatic heterocycles. The van der Waals surface area contributed by atoms with Crippen molar-refractivity contribution in [1.29, 1.82) is 0 Å². The number of halogens is 4. The first kappa shape index (κ1) is 27.0. The van der Waals surface area contributed by atoms with E-state index in [1.54, 1.807) is 0 Å². The molecule has 3 N–H and O–H groups in total. The number of pyridine rings is 1. The molecule has 1 aromatic carbocycles. The molecule has 5 rings (SSSR count). The van der Waals surface area contributed by atoms with Crippen molar-refractivity contribution in [1.82, 2.24) is 24.7 Å². The van der Waals surface area contributed by atoms with E-state index in [1.807, 2.05) is 13.8 Å². The van der Waals surface area contributed by atoms with E-state index in [9.17, 15) is 18.0 Å². The van der Waals surface area contributed by atoms with Gasteiger partial charge in [-0.3, -0.25) is 4.79 Å². The van der Waals surface area contributed by atoms with Crippen molar-refractivity contribution in [3.63, 3.8) is 0 Å². The Morgan fingerprint density at radius 2 is 1.79 bits per heavy atom. The maximum atomic E-state index is 15.1. The van der Waals surface area contributed by atoms with E-state index in [0.29, 0.717) is 0 Å². The molecule has 4 aromatic rings. The van der Waals surface area contributed by atoms with Gasteiger partial charge in [0.1, 0.15) is 34.2 Å². The number of anilines is 2. The van der Waals surface area contributed by atoms with E-state index in [-0.39, 0.29) is 57.6 Å². The van der Waals surface area contributed by atoms with Gasteiger partial charge in [-0.15, -0.1) is 0 Å². The molecule has 8 nitrogen and oxygen atoms in total. The number of hydrogen-bond acceptors (Lipinski definition) is 6. The predicted octanol–water partition coefficient (Wildman–Crippen LogP) is 5.23. The van der Waals surface area contributed by atoms with Crippen molar-refractivity contribution >= 4 is 28.6 Å². The quantitative estimate of drug-likeness (QED) is 0.350. The van der Waals surface area contributed by atoms with Crippen molar-refractivity contribution in [3.8, 4) is 11.5 Å². The number of hydrogen-bond donors (Lipinski definition) is 2. The first-order valence-electron chi connectivity index (χ1n) is 12.0. The molecule has 0 bridgehead atoms. The van der Waals surface area contributed by atoms with Gasteiger partial charge in [-0.2, -0.15) is 5.10 Å². The first-order valence-corrected chi connectivity index (χ1v) is 12.0. The predicted molar refractivity (Wildman–Crippen MR) is 136 cm³/mol. The van der Waals surface area contributed by atoms with Crippen molar-refractivity contribution < 1.29 is 22.4 Å². The third-order valence-electron chi connectivity index (χ3n) is 6.73. The molecular weight excluding hydrogens is 502 g/mol. The van der Waals surface area contributed by atoms with Crippen molar-refractivity contribution in [2.45, 2.75) is 59.2 Å². The van der Waals surface area contributed by atoms with Gasteiger partial charge in [-0.05, 0) is 39.8 Å². The minimum absolute atomic E-state index is 0.00248. The lowest BCUT2D eigenvalue weighted by Crippen LogP contribution is -2.47. The van der Waals surface area contributed by atoms with Gasteiger partial charge >= 0.3 is 0 Å². The summed E-state index contributed by atoms with van der Waals surface area (Å²) >= 11 is 0. The number of carbonyl (C=O) groups is 1. The maximum Gasteiger partial charge on any atom is 0.239 e. The van der Waals surface area contributed by atoms with Crippen LogP contribution in [-0.2, 0) is 16.8 Å². The molecule has 38 heavy (non-hydrogen) atoms. The summed E-state index contributed by atoms with van der Waals surface area (Å²) in [6.45, 7) is 9.16. The molecular formula is C26H27F4N7O. The molecule has 0 saturated carbocycles. The molecule has 1 atom stereocenters. The summed E-state index contributed by atoms with van der Waals surface area (Å²) in [5.41, 5.74) is 2.94. The Balaban J connectivity index is 0.00000164. The van der Waals surface area contributed by atoms with Gasteiger partial charge in [0, 0.05) is 5.56 Å². The molecule has 0 fully saturated rings. The molecule has 1 aliphatic rings. The van der Waals surface area contributed by atoms with E-state index in [2.05, 4.69) is 25.4 Å². The van der Waals surface area contributed by atoms with Crippen LogP contribution in [0.4, 0.5) is 29.2 Å². The SMILES string of the molecule is CC.Cc1nc2c(cc1F)c(-c1nc(N)c3c(n1)NC(=O)C3(C)C(C)(C)F)nn2Cc1cccc(F)c1F. The number of nitrogens with two attached hydrogens (primary N) is 1. The lowest BCUT2D eigenvalue weighted by molar-refractivity contribution is -0.124. The Hall–Kier alpha value is -4.09. The van der Waals surface area contributed by atoms with Gasteiger partial charge in [0.2, 0.25) is 5.91 Å². The van der Waals surface area contributed by atoms with Gasteiger partial charge in [0.15, 0.2) is 23.1 Å². The van der Waals surface area contributed by atoms with E-state index in [0.717, 1.165) is 6.07 Å². The average Bonchev–Trinajstić information content (AvgIpc) is 3.33. The standard InChI is InChI=1S/C24H21F4N7O.C2H6/c1-10-14(26)8-12-17(34-35(21(12)30-10)9-11-6-5-7-13(25)16(11)27)20-31-18(29)15-19(32-20)33-22(36)24(15,4)23(2,3)28;1-2/h5-8H,9H2,1-4H3,(H3,29,31,32,33,36);1-2H3. The minimum atomic E-state index is -1.99. The molecule has 0 spiro atoms. The third kappa shape index (κ3) is 4.04. The highest BCUT2D eigenvalue weighted by molar-refractivity contribution is 6.07. The molecule has 0 radical (unpaired) electrons. The summed E-state index contributed by atoms with van der Waals surface area (Å²) in [7, 11) is 0. The van der Waals surface area contributed by atoms with Crippen LogP contribution in [0.2, 0.25) is 0 Å². The third-order valence-corrected chi connectivity index (χ3v) is 6.73. The zero-order valence-corrected chi connectivity index (χ0v) is 21.8. The number of carbonyl (C=O) groups excluding carboxylic acids is 1. The van der Waals surface area contributed by atoms with Crippen LogP contribution in [0.5, 0.6) is 0 Å². The molecule has 1 amide bonds. The fourth-order valence-electron chi connectivity index (χ4n) is 4.35. The van der Waals surface area contributed by atoms with Crippen LogP contribution in [0.1, 0.15) is 51.4 Å². The van der Waals surface area contributed by atoms with Gasteiger partial charge in [0.25, 0.3) is 0 Å². The van der Waals surface area contributed by atoms with Crippen molar-refractivity contribution in [2.24, 2.45) is 0 Å². The van der Waals surface area contributed by atoms with E-state index in [1.165, 1.54) is 50.6 Å². The summed E-state index contributed by atoms with van der Waals surface area (Å²) in [5.74, 6) is -3.56. The van der Waals surface area contributed by atoms with E-state index < -0.39 is 34.4 Å². The highest BCUT2D eigenvalue weighted by Crippen LogP contribution is 2.48. The summed E-state index contributed by atoms with van der Waals surface area (Å²) in [5, 5.41) is 7.15. The molecule has 3 aromatic heterocycles. The molecule has 0 aliphatic carbocycles. The second kappa shape index (κ2) is 9.34. The Labute approximate surface area is 216 Å². The molecule has 0 saturated heterocycles. The number of alkyl halides is 1. The largest absolute Gasteiger partial charge is 0.383 e. The van der Waals surface area contributed by atoms with Crippen LogP contribution >= 0.6 is 0 Å². The van der Waals surface area contributed by atoms with Crippen LogP contribution in [0, 0.1) is 24.4 Å². The van der Waals surface area contributed by atoms with Gasteiger partial charge in [-0.1, -0.05) is 26.0 Å². The number of nitrogens with zero attached hydrogens (tertiary/aromatic N) is 5. The highest BCUT2D eigenvalue weighted by atomic mass is 19.2.